The molecule has 2 fully saturated rings. The van der Waals surface area contributed by atoms with Gasteiger partial charge in [-0.3, -0.25) is 0 Å². The van der Waals surface area contributed by atoms with Gasteiger partial charge in [0.25, 0.3) is 0 Å². The Morgan fingerprint density at radius 2 is 2.12 bits per heavy atom. The molecule has 26 heavy (non-hydrogen) atoms. The first kappa shape index (κ1) is 16.2. The van der Waals surface area contributed by atoms with E-state index in [1.807, 2.05) is 6.20 Å². The second kappa shape index (κ2) is 6.63. The Bertz CT molecular complexity index is 794. The van der Waals surface area contributed by atoms with E-state index >= 15 is 0 Å². The SMILES string of the molecule is c1ccc2c(c1)-c1nc(NCC3CCCO3)ncc1CC21CCNCC1. The molecule has 0 radical (unpaired) electrons. The van der Waals surface area contributed by atoms with Crippen LogP contribution in [0, 0.1) is 0 Å². The van der Waals surface area contributed by atoms with E-state index in [-0.39, 0.29) is 5.41 Å². The number of aromatic nitrogens is 2. The van der Waals surface area contributed by atoms with Gasteiger partial charge in [-0.15, -0.1) is 0 Å². The molecular weight excluding hydrogens is 324 g/mol. The van der Waals surface area contributed by atoms with Crippen molar-refractivity contribution >= 4 is 5.95 Å². The molecule has 5 heteroatoms. The van der Waals surface area contributed by atoms with Gasteiger partial charge in [0, 0.05) is 30.3 Å². The summed E-state index contributed by atoms with van der Waals surface area (Å²) < 4.78 is 5.69. The van der Waals surface area contributed by atoms with E-state index in [0.29, 0.717) is 6.10 Å². The Morgan fingerprint density at radius 1 is 1.23 bits per heavy atom. The minimum Gasteiger partial charge on any atom is -0.376 e. The lowest BCUT2D eigenvalue weighted by Gasteiger charge is -2.42. The first-order valence-corrected chi connectivity index (χ1v) is 9.86. The number of fused-ring (bicyclic) bond motifs is 4. The zero-order valence-electron chi connectivity index (χ0n) is 15.1. The van der Waals surface area contributed by atoms with Crippen molar-refractivity contribution in [2.24, 2.45) is 0 Å². The van der Waals surface area contributed by atoms with Crippen molar-refractivity contribution in [1.82, 2.24) is 15.3 Å². The van der Waals surface area contributed by atoms with Gasteiger partial charge in [0.15, 0.2) is 0 Å². The van der Waals surface area contributed by atoms with Crippen LogP contribution in [0.2, 0.25) is 0 Å². The van der Waals surface area contributed by atoms with Crippen LogP contribution in [0.15, 0.2) is 30.5 Å². The van der Waals surface area contributed by atoms with Gasteiger partial charge in [-0.05, 0) is 56.3 Å². The number of hydrogen-bond acceptors (Lipinski definition) is 5. The maximum atomic E-state index is 5.69. The molecule has 1 spiro atoms. The van der Waals surface area contributed by atoms with Gasteiger partial charge in [0.05, 0.1) is 11.8 Å². The second-order valence-corrected chi connectivity index (χ2v) is 7.84. The van der Waals surface area contributed by atoms with Gasteiger partial charge in [0.2, 0.25) is 5.95 Å². The van der Waals surface area contributed by atoms with Gasteiger partial charge < -0.3 is 15.4 Å². The molecule has 3 heterocycles. The van der Waals surface area contributed by atoms with Gasteiger partial charge >= 0.3 is 0 Å². The van der Waals surface area contributed by atoms with Gasteiger partial charge in [-0.25, -0.2) is 9.97 Å². The van der Waals surface area contributed by atoms with Crippen LogP contribution in [0.25, 0.3) is 11.3 Å². The number of rotatable bonds is 3. The summed E-state index contributed by atoms with van der Waals surface area (Å²) in [4.78, 5) is 9.51. The number of hydrogen-bond donors (Lipinski definition) is 2. The summed E-state index contributed by atoms with van der Waals surface area (Å²) in [5.74, 6) is 0.718. The highest BCUT2D eigenvalue weighted by Gasteiger charge is 2.40. The second-order valence-electron chi connectivity index (χ2n) is 7.84. The predicted molar refractivity (Wildman–Crippen MR) is 102 cm³/mol. The van der Waals surface area contributed by atoms with Crippen LogP contribution in [0.1, 0.15) is 36.8 Å². The third kappa shape index (κ3) is 2.79. The smallest absolute Gasteiger partial charge is 0.223 e. The standard InChI is InChI=1S/C21H26N4O/c1-2-6-18-17(5-1)19-15(12-21(18)7-9-22-10-8-21)13-23-20(25-19)24-14-16-4-3-11-26-16/h1-2,5-6,13,16,22H,3-4,7-12,14H2,(H,23,24,25). The van der Waals surface area contributed by atoms with E-state index in [9.17, 15) is 0 Å². The summed E-state index contributed by atoms with van der Waals surface area (Å²) in [5.41, 5.74) is 5.39. The summed E-state index contributed by atoms with van der Waals surface area (Å²) in [7, 11) is 0. The molecule has 3 aliphatic rings. The Kier molecular flexibility index (Phi) is 4.14. The largest absolute Gasteiger partial charge is 0.376 e. The van der Waals surface area contributed by atoms with E-state index in [4.69, 9.17) is 9.72 Å². The van der Waals surface area contributed by atoms with Gasteiger partial charge in [0.1, 0.15) is 0 Å². The number of benzene rings is 1. The van der Waals surface area contributed by atoms with Crippen molar-refractivity contribution < 1.29 is 4.74 Å². The molecule has 0 amide bonds. The molecule has 1 aliphatic carbocycles. The molecule has 0 bridgehead atoms. The van der Waals surface area contributed by atoms with Crippen LogP contribution in [0.5, 0.6) is 0 Å². The highest BCUT2D eigenvalue weighted by Crippen LogP contribution is 2.46. The minimum absolute atomic E-state index is 0.241. The van der Waals surface area contributed by atoms with E-state index in [1.165, 1.54) is 29.5 Å². The topological polar surface area (TPSA) is 59.1 Å². The van der Waals surface area contributed by atoms with Crippen molar-refractivity contribution in [1.29, 1.82) is 0 Å². The van der Waals surface area contributed by atoms with Gasteiger partial charge in [-0.1, -0.05) is 24.3 Å². The van der Waals surface area contributed by atoms with Crippen LogP contribution in [-0.4, -0.2) is 42.3 Å². The third-order valence-corrected chi connectivity index (χ3v) is 6.22. The Hall–Kier alpha value is -1.98. The lowest BCUT2D eigenvalue weighted by molar-refractivity contribution is 0.120. The summed E-state index contributed by atoms with van der Waals surface area (Å²) in [6.45, 7) is 3.84. The van der Waals surface area contributed by atoms with E-state index in [0.717, 1.165) is 57.1 Å². The minimum atomic E-state index is 0.241. The lowest BCUT2D eigenvalue weighted by Crippen LogP contribution is -2.43. The van der Waals surface area contributed by atoms with Crippen molar-refractivity contribution in [3.05, 3.63) is 41.6 Å². The highest BCUT2D eigenvalue weighted by atomic mass is 16.5. The Balaban J connectivity index is 1.47. The molecule has 1 aromatic heterocycles. The molecule has 1 unspecified atom stereocenters. The number of nitrogens with one attached hydrogen (secondary N) is 2. The van der Waals surface area contributed by atoms with Crippen LogP contribution in [0.3, 0.4) is 0 Å². The fraction of sp³-hybridized carbons (Fsp3) is 0.524. The molecule has 5 nitrogen and oxygen atoms in total. The summed E-state index contributed by atoms with van der Waals surface area (Å²) in [6, 6.07) is 8.84. The molecule has 136 valence electrons. The zero-order valence-corrected chi connectivity index (χ0v) is 15.1. The molecular formula is C21H26N4O. The van der Waals surface area contributed by atoms with Crippen LogP contribution < -0.4 is 10.6 Å². The lowest BCUT2D eigenvalue weighted by atomic mass is 9.64. The molecule has 2 N–H and O–H groups in total. The molecule has 2 aliphatic heterocycles. The predicted octanol–water partition coefficient (Wildman–Crippen LogP) is 2.91. The Labute approximate surface area is 154 Å². The van der Waals surface area contributed by atoms with Crippen LogP contribution in [-0.2, 0) is 16.6 Å². The van der Waals surface area contributed by atoms with Crippen molar-refractivity contribution in [2.75, 3.05) is 31.6 Å². The van der Waals surface area contributed by atoms with Crippen molar-refractivity contribution in [3.63, 3.8) is 0 Å². The zero-order chi connectivity index (χ0) is 17.4. The number of anilines is 1. The highest BCUT2D eigenvalue weighted by molar-refractivity contribution is 5.72. The molecule has 2 saturated heterocycles. The van der Waals surface area contributed by atoms with Crippen LogP contribution >= 0.6 is 0 Å². The number of ether oxygens (including phenoxy) is 1. The maximum absolute atomic E-state index is 5.69. The van der Waals surface area contributed by atoms with E-state index in [2.05, 4.69) is 39.9 Å². The van der Waals surface area contributed by atoms with Crippen LogP contribution in [0.4, 0.5) is 5.95 Å². The molecule has 0 saturated carbocycles. The normalized spacial score (nSPS) is 23.5. The summed E-state index contributed by atoms with van der Waals surface area (Å²) in [6.07, 6.45) is 8.02. The first-order chi connectivity index (χ1) is 12.8. The third-order valence-electron chi connectivity index (χ3n) is 6.22. The molecule has 1 atom stereocenters. The molecule has 5 rings (SSSR count). The quantitative estimate of drug-likeness (QED) is 0.891. The first-order valence-electron chi connectivity index (χ1n) is 9.86. The maximum Gasteiger partial charge on any atom is 0.223 e. The summed E-state index contributed by atoms with van der Waals surface area (Å²) in [5, 5.41) is 6.89. The Morgan fingerprint density at radius 3 is 2.96 bits per heavy atom. The fourth-order valence-electron chi connectivity index (χ4n) is 4.83. The van der Waals surface area contributed by atoms with Gasteiger partial charge in [-0.2, -0.15) is 0 Å². The molecule has 2 aromatic rings. The van der Waals surface area contributed by atoms with E-state index < -0.39 is 0 Å². The fourth-order valence-corrected chi connectivity index (χ4v) is 4.83. The average Bonchev–Trinajstić information content (AvgIpc) is 3.21. The monoisotopic (exact) mass is 350 g/mol. The van der Waals surface area contributed by atoms with Crippen molar-refractivity contribution in [2.45, 2.75) is 43.6 Å². The van der Waals surface area contributed by atoms with Crippen molar-refractivity contribution in [3.8, 4) is 11.3 Å². The number of piperidine rings is 1. The number of nitrogens with zero attached hydrogens (tertiary/aromatic N) is 2. The summed E-state index contributed by atoms with van der Waals surface area (Å²) >= 11 is 0. The molecule has 1 aromatic carbocycles. The van der Waals surface area contributed by atoms with E-state index in [1.54, 1.807) is 0 Å². The average molecular weight is 350 g/mol.